The first-order chi connectivity index (χ1) is 7.29. The minimum absolute atomic E-state index is 0.277. The first-order valence-electron chi connectivity index (χ1n) is 4.57. The molecule has 1 heterocycles. The summed E-state index contributed by atoms with van der Waals surface area (Å²) in [6.45, 7) is 0.281. The van der Waals surface area contributed by atoms with Crippen LogP contribution in [0.2, 0.25) is 0 Å². The molecule has 2 rings (SSSR count). The monoisotopic (exact) mass is 203 g/mol. The van der Waals surface area contributed by atoms with Gasteiger partial charge in [-0.25, -0.2) is 14.4 Å². The van der Waals surface area contributed by atoms with Gasteiger partial charge >= 0.3 is 0 Å². The van der Waals surface area contributed by atoms with Crippen molar-refractivity contribution in [1.29, 1.82) is 0 Å². The van der Waals surface area contributed by atoms with Crippen molar-refractivity contribution in [3.05, 3.63) is 48.2 Å². The van der Waals surface area contributed by atoms with Crippen LogP contribution in [0, 0.1) is 5.82 Å². The summed E-state index contributed by atoms with van der Waals surface area (Å²) in [4.78, 5) is 8.18. The number of hydrogen-bond acceptors (Lipinski definition) is 3. The predicted octanol–water partition coefficient (Wildman–Crippen LogP) is 1.74. The third kappa shape index (κ3) is 2.16. The molecule has 76 valence electrons. The standard InChI is InChI=1S/C11H10FN3/c12-9-3-1-2-8(6-9)10-4-5-14-11(7-13)15-10/h1-6H,7,13H2. The van der Waals surface area contributed by atoms with Gasteiger partial charge in [-0.3, -0.25) is 0 Å². The van der Waals surface area contributed by atoms with Crippen LogP contribution in [0.5, 0.6) is 0 Å². The van der Waals surface area contributed by atoms with E-state index in [0.717, 1.165) is 5.56 Å². The van der Waals surface area contributed by atoms with Crippen LogP contribution in [0.25, 0.3) is 11.3 Å². The summed E-state index contributed by atoms with van der Waals surface area (Å²) in [6.07, 6.45) is 1.62. The molecular formula is C11H10FN3. The minimum atomic E-state index is -0.277. The Morgan fingerprint density at radius 1 is 1.27 bits per heavy atom. The molecule has 15 heavy (non-hydrogen) atoms. The van der Waals surface area contributed by atoms with Gasteiger partial charge < -0.3 is 5.73 Å². The Balaban J connectivity index is 2.44. The molecule has 0 amide bonds. The molecular weight excluding hydrogens is 193 g/mol. The van der Waals surface area contributed by atoms with Crippen molar-refractivity contribution < 1.29 is 4.39 Å². The Bertz CT molecular complexity index is 471. The normalized spacial score (nSPS) is 10.3. The summed E-state index contributed by atoms with van der Waals surface area (Å²) in [5.41, 5.74) is 6.84. The fourth-order valence-corrected chi connectivity index (χ4v) is 1.31. The van der Waals surface area contributed by atoms with Crippen molar-refractivity contribution in [3.8, 4) is 11.3 Å². The number of benzene rings is 1. The third-order valence-corrected chi connectivity index (χ3v) is 2.01. The van der Waals surface area contributed by atoms with Crippen LogP contribution in [0.3, 0.4) is 0 Å². The van der Waals surface area contributed by atoms with Gasteiger partial charge in [0, 0.05) is 11.8 Å². The smallest absolute Gasteiger partial charge is 0.142 e. The summed E-state index contributed by atoms with van der Waals surface area (Å²) < 4.78 is 13.0. The zero-order valence-electron chi connectivity index (χ0n) is 8.02. The second-order valence-electron chi connectivity index (χ2n) is 3.07. The van der Waals surface area contributed by atoms with Gasteiger partial charge in [0.2, 0.25) is 0 Å². The van der Waals surface area contributed by atoms with Crippen LogP contribution in [-0.4, -0.2) is 9.97 Å². The van der Waals surface area contributed by atoms with E-state index in [1.807, 2.05) is 0 Å². The molecule has 0 fully saturated rings. The number of rotatable bonds is 2. The van der Waals surface area contributed by atoms with Crippen LogP contribution in [0.4, 0.5) is 4.39 Å². The molecule has 1 aromatic carbocycles. The second kappa shape index (κ2) is 4.14. The molecule has 0 saturated carbocycles. The number of halogens is 1. The average Bonchev–Trinajstić information content (AvgIpc) is 2.29. The quantitative estimate of drug-likeness (QED) is 0.808. The molecule has 0 aliphatic heterocycles. The lowest BCUT2D eigenvalue weighted by Crippen LogP contribution is -2.03. The molecule has 0 saturated heterocycles. The van der Waals surface area contributed by atoms with E-state index < -0.39 is 0 Å². The lowest BCUT2D eigenvalue weighted by Gasteiger charge is -2.02. The van der Waals surface area contributed by atoms with E-state index in [2.05, 4.69) is 9.97 Å². The van der Waals surface area contributed by atoms with Crippen molar-refractivity contribution in [2.45, 2.75) is 6.54 Å². The van der Waals surface area contributed by atoms with Crippen molar-refractivity contribution in [1.82, 2.24) is 9.97 Å². The van der Waals surface area contributed by atoms with Gasteiger partial charge in [-0.15, -0.1) is 0 Å². The molecule has 1 aromatic heterocycles. The highest BCUT2D eigenvalue weighted by atomic mass is 19.1. The summed E-state index contributed by atoms with van der Waals surface area (Å²) in [6, 6.07) is 8.01. The maximum atomic E-state index is 13.0. The van der Waals surface area contributed by atoms with Crippen molar-refractivity contribution in [2.24, 2.45) is 5.73 Å². The lowest BCUT2D eigenvalue weighted by atomic mass is 10.1. The maximum Gasteiger partial charge on any atom is 0.142 e. The number of hydrogen-bond donors (Lipinski definition) is 1. The fourth-order valence-electron chi connectivity index (χ4n) is 1.31. The highest BCUT2D eigenvalue weighted by Gasteiger charge is 2.01. The Morgan fingerprint density at radius 3 is 2.87 bits per heavy atom. The Kier molecular flexibility index (Phi) is 2.69. The molecule has 0 radical (unpaired) electrons. The number of nitrogens with two attached hydrogens (primary N) is 1. The summed E-state index contributed by atoms with van der Waals surface area (Å²) in [5, 5.41) is 0. The van der Waals surface area contributed by atoms with Crippen molar-refractivity contribution >= 4 is 0 Å². The van der Waals surface area contributed by atoms with E-state index in [9.17, 15) is 4.39 Å². The van der Waals surface area contributed by atoms with Crippen LogP contribution in [0.1, 0.15) is 5.82 Å². The average molecular weight is 203 g/mol. The van der Waals surface area contributed by atoms with Gasteiger partial charge in [-0.1, -0.05) is 12.1 Å². The zero-order chi connectivity index (χ0) is 10.7. The van der Waals surface area contributed by atoms with E-state index in [0.29, 0.717) is 11.5 Å². The van der Waals surface area contributed by atoms with E-state index in [4.69, 9.17) is 5.73 Å². The van der Waals surface area contributed by atoms with Crippen LogP contribution in [-0.2, 0) is 6.54 Å². The molecule has 0 unspecified atom stereocenters. The third-order valence-electron chi connectivity index (χ3n) is 2.01. The topological polar surface area (TPSA) is 51.8 Å². The second-order valence-corrected chi connectivity index (χ2v) is 3.07. The molecule has 0 aliphatic carbocycles. The summed E-state index contributed by atoms with van der Waals surface area (Å²) in [5.74, 6) is 0.275. The first kappa shape index (κ1) is 9.73. The van der Waals surface area contributed by atoms with Gasteiger partial charge in [0.05, 0.1) is 12.2 Å². The maximum absolute atomic E-state index is 13.0. The van der Waals surface area contributed by atoms with Gasteiger partial charge in [0.1, 0.15) is 11.6 Å². The molecule has 2 aromatic rings. The Morgan fingerprint density at radius 2 is 2.13 bits per heavy atom. The molecule has 0 atom stereocenters. The molecule has 3 nitrogen and oxygen atoms in total. The molecule has 4 heteroatoms. The van der Waals surface area contributed by atoms with Crippen molar-refractivity contribution in [3.63, 3.8) is 0 Å². The molecule has 0 aliphatic rings. The predicted molar refractivity (Wildman–Crippen MR) is 55.3 cm³/mol. The summed E-state index contributed by atoms with van der Waals surface area (Å²) >= 11 is 0. The number of aromatic nitrogens is 2. The summed E-state index contributed by atoms with van der Waals surface area (Å²) in [7, 11) is 0. The fraction of sp³-hybridized carbons (Fsp3) is 0.0909. The minimum Gasteiger partial charge on any atom is -0.324 e. The highest BCUT2D eigenvalue weighted by molar-refractivity contribution is 5.58. The molecule has 0 spiro atoms. The Hall–Kier alpha value is -1.81. The van der Waals surface area contributed by atoms with Crippen molar-refractivity contribution in [2.75, 3.05) is 0 Å². The largest absolute Gasteiger partial charge is 0.324 e. The van der Waals surface area contributed by atoms with E-state index in [1.54, 1.807) is 24.4 Å². The molecule has 2 N–H and O–H groups in total. The van der Waals surface area contributed by atoms with Crippen LogP contribution < -0.4 is 5.73 Å². The van der Waals surface area contributed by atoms with Crippen LogP contribution in [0.15, 0.2) is 36.5 Å². The van der Waals surface area contributed by atoms with E-state index in [-0.39, 0.29) is 12.4 Å². The highest BCUT2D eigenvalue weighted by Crippen LogP contribution is 2.16. The van der Waals surface area contributed by atoms with Crippen LogP contribution >= 0.6 is 0 Å². The Labute approximate surface area is 86.8 Å². The lowest BCUT2D eigenvalue weighted by molar-refractivity contribution is 0.628. The van der Waals surface area contributed by atoms with E-state index >= 15 is 0 Å². The van der Waals surface area contributed by atoms with E-state index in [1.165, 1.54) is 12.1 Å². The molecule has 0 bridgehead atoms. The van der Waals surface area contributed by atoms with Gasteiger partial charge in [-0.2, -0.15) is 0 Å². The number of nitrogens with zero attached hydrogens (tertiary/aromatic N) is 2. The van der Waals surface area contributed by atoms with Gasteiger partial charge in [-0.05, 0) is 18.2 Å². The van der Waals surface area contributed by atoms with Gasteiger partial charge in [0.15, 0.2) is 0 Å². The first-order valence-corrected chi connectivity index (χ1v) is 4.57. The zero-order valence-corrected chi connectivity index (χ0v) is 8.02. The SMILES string of the molecule is NCc1nccc(-c2cccc(F)c2)n1. The van der Waals surface area contributed by atoms with Gasteiger partial charge in [0.25, 0.3) is 0 Å².